The van der Waals surface area contributed by atoms with E-state index in [0.29, 0.717) is 24.3 Å². The van der Waals surface area contributed by atoms with Gasteiger partial charge < -0.3 is 9.47 Å². The molecule has 0 aliphatic rings. The van der Waals surface area contributed by atoms with Crippen LogP contribution in [0, 0.1) is 0 Å². The molecule has 0 atom stereocenters. The van der Waals surface area contributed by atoms with Crippen LogP contribution in [0.5, 0.6) is 11.5 Å². The van der Waals surface area contributed by atoms with E-state index in [4.69, 9.17) is 32.7 Å². The van der Waals surface area contributed by atoms with Crippen molar-refractivity contribution in [3.8, 4) is 11.5 Å². The van der Waals surface area contributed by atoms with Crippen LogP contribution in [0.15, 0.2) is 24.3 Å². The number of hydrogen-bond donors (Lipinski definition) is 0. The molecular formula is C12H14Cl2O3. The van der Waals surface area contributed by atoms with E-state index in [2.05, 4.69) is 0 Å². The first-order chi connectivity index (χ1) is 7.99. The summed E-state index contributed by atoms with van der Waals surface area (Å²) in [7, 11) is 1.56. The fourth-order valence-corrected chi connectivity index (χ4v) is 1.70. The summed E-state index contributed by atoms with van der Waals surface area (Å²) in [6.07, 6.45) is 1.05. The third-order valence-electron chi connectivity index (χ3n) is 2.13. The molecule has 5 heteroatoms. The summed E-state index contributed by atoms with van der Waals surface area (Å²) in [6, 6.07) is 6.61. The second kappa shape index (κ2) is 6.12. The van der Waals surface area contributed by atoms with Crippen LogP contribution in [0.25, 0.3) is 0 Å². The smallest absolute Gasteiger partial charge is 0.348 e. The number of carbonyl (C=O) groups excluding carboxylic acids is 1. The Balaban J connectivity index is 2.67. The van der Waals surface area contributed by atoms with Gasteiger partial charge in [0.1, 0.15) is 11.5 Å². The molecule has 0 bridgehead atoms. The Morgan fingerprint density at radius 1 is 1.24 bits per heavy atom. The second-order valence-corrected chi connectivity index (χ2v) is 5.00. The molecule has 0 fully saturated rings. The van der Waals surface area contributed by atoms with Crippen LogP contribution >= 0.6 is 23.2 Å². The molecule has 0 saturated carbocycles. The summed E-state index contributed by atoms with van der Waals surface area (Å²) in [5, 5.41) is 0. The Morgan fingerprint density at radius 3 is 2.24 bits per heavy atom. The maximum atomic E-state index is 11.7. The lowest BCUT2D eigenvalue weighted by Crippen LogP contribution is -2.30. The average Bonchev–Trinajstić information content (AvgIpc) is 2.30. The van der Waals surface area contributed by atoms with Gasteiger partial charge in [-0.1, -0.05) is 36.5 Å². The van der Waals surface area contributed by atoms with E-state index < -0.39 is 10.3 Å². The molecule has 17 heavy (non-hydrogen) atoms. The van der Waals surface area contributed by atoms with Crippen molar-refractivity contribution in [2.75, 3.05) is 7.11 Å². The number of hydrogen-bond acceptors (Lipinski definition) is 3. The summed E-state index contributed by atoms with van der Waals surface area (Å²) in [4.78, 5) is 11.7. The molecule has 0 heterocycles. The number of ether oxygens (including phenoxy) is 2. The van der Waals surface area contributed by atoms with E-state index in [1.165, 1.54) is 0 Å². The van der Waals surface area contributed by atoms with Crippen molar-refractivity contribution >= 4 is 29.2 Å². The quantitative estimate of drug-likeness (QED) is 0.469. The zero-order valence-corrected chi connectivity index (χ0v) is 11.2. The van der Waals surface area contributed by atoms with Gasteiger partial charge in [-0.15, -0.1) is 0 Å². The SMILES string of the molecule is CCCC(Cl)(Cl)C(=O)Oc1ccc(OC)cc1. The zero-order chi connectivity index (χ0) is 12.9. The van der Waals surface area contributed by atoms with Crippen molar-refractivity contribution in [1.29, 1.82) is 0 Å². The van der Waals surface area contributed by atoms with Crippen LogP contribution in [0.1, 0.15) is 19.8 Å². The van der Waals surface area contributed by atoms with Gasteiger partial charge in [0.25, 0.3) is 0 Å². The van der Waals surface area contributed by atoms with Crippen molar-refractivity contribution in [1.82, 2.24) is 0 Å². The third-order valence-corrected chi connectivity index (χ3v) is 2.82. The minimum Gasteiger partial charge on any atom is -0.497 e. The molecule has 94 valence electrons. The number of alkyl halides is 2. The predicted molar refractivity (Wildman–Crippen MR) is 68.0 cm³/mol. The number of benzene rings is 1. The molecule has 0 aliphatic heterocycles. The van der Waals surface area contributed by atoms with Gasteiger partial charge in [0, 0.05) is 0 Å². The van der Waals surface area contributed by atoms with E-state index in [1.54, 1.807) is 31.4 Å². The maximum Gasteiger partial charge on any atom is 0.348 e. The van der Waals surface area contributed by atoms with Gasteiger partial charge in [0.05, 0.1) is 7.11 Å². The predicted octanol–water partition coefficient (Wildman–Crippen LogP) is 3.57. The molecule has 1 aromatic rings. The summed E-state index contributed by atoms with van der Waals surface area (Å²) in [6.45, 7) is 1.89. The van der Waals surface area contributed by atoms with Crippen LogP contribution in [0.2, 0.25) is 0 Å². The van der Waals surface area contributed by atoms with Crippen molar-refractivity contribution in [3.05, 3.63) is 24.3 Å². The molecule has 0 amide bonds. The summed E-state index contributed by atoms with van der Waals surface area (Å²) in [5.74, 6) is 0.409. The fraction of sp³-hybridized carbons (Fsp3) is 0.417. The minimum atomic E-state index is -1.49. The Morgan fingerprint density at radius 2 is 1.76 bits per heavy atom. The first-order valence-corrected chi connectivity index (χ1v) is 5.99. The Labute approximate surface area is 111 Å². The lowest BCUT2D eigenvalue weighted by Gasteiger charge is -2.16. The summed E-state index contributed by atoms with van der Waals surface area (Å²) in [5.41, 5.74) is 0. The summed E-state index contributed by atoms with van der Waals surface area (Å²) >= 11 is 11.7. The van der Waals surface area contributed by atoms with Crippen LogP contribution in [-0.4, -0.2) is 17.4 Å². The van der Waals surface area contributed by atoms with E-state index in [1.807, 2.05) is 6.92 Å². The van der Waals surface area contributed by atoms with E-state index in [0.717, 1.165) is 0 Å². The molecule has 0 saturated heterocycles. The molecular weight excluding hydrogens is 263 g/mol. The first-order valence-electron chi connectivity index (χ1n) is 5.23. The van der Waals surface area contributed by atoms with Crippen molar-refractivity contribution in [2.45, 2.75) is 24.1 Å². The molecule has 0 radical (unpaired) electrons. The number of halogens is 2. The zero-order valence-electron chi connectivity index (χ0n) is 9.70. The topological polar surface area (TPSA) is 35.5 Å². The molecule has 1 aromatic carbocycles. The highest BCUT2D eigenvalue weighted by atomic mass is 35.5. The molecule has 0 unspecified atom stereocenters. The molecule has 0 aromatic heterocycles. The molecule has 3 nitrogen and oxygen atoms in total. The Hall–Kier alpha value is -0.930. The van der Waals surface area contributed by atoms with Crippen LogP contribution < -0.4 is 9.47 Å². The average molecular weight is 277 g/mol. The standard InChI is InChI=1S/C12H14Cl2O3/c1-3-8-12(13,14)11(15)17-10-6-4-9(16-2)5-7-10/h4-7H,3,8H2,1-2H3. The Kier molecular flexibility index (Phi) is 5.09. The highest BCUT2D eigenvalue weighted by molar-refractivity contribution is 6.57. The number of methoxy groups -OCH3 is 1. The monoisotopic (exact) mass is 276 g/mol. The van der Waals surface area contributed by atoms with Crippen LogP contribution in [0.3, 0.4) is 0 Å². The molecule has 0 aliphatic carbocycles. The summed E-state index contributed by atoms with van der Waals surface area (Å²) < 4.78 is 8.57. The Bertz CT molecular complexity index is 374. The van der Waals surface area contributed by atoms with Crippen molar-refractivity contribution in [3.63, 3.8) is 0 Å². The molecule has 0 N–H and O–H groups in total. The largest absolute Gasteiger partial charge is 0.497 e. The maximum absolute atomic E-state index is 11.7. The van der Waals surface area contributed by atoms with E-state index in [9.17, 15) is 4.79 Å². The van der Waals surface area contributed by atoms with Gasteiger partial charge in [-0.2, -0.15) is 0 Å². The van der Waals surface area contributed by atoms with Gasteiger partial charge >= 0.3 is 5.97 Å². The van der Waals surface area contributed by atoms with E-state index >= 15 is 0 Å². The number of carbonyl (C=O) groups is 1. The minimum absolute atomic E-state index is 0.352. The van der Waals surface area contributed by atoms with Crippen LogP contribution in [-0.2, 0) is 4.79 Å². The van der Waals surface area contributed by atoms with E-state index in [-0.39, 0.29) is 0 Å². The van der Waals surface area contributed by atoms with Crippen molar-refractivity contribution in [2.24, 2.45) is 0 Å². The highest BCUT2D eigenvalue weighted by Crippen LogP contribution is 2.29. The fourth-order valence-electron chi connectivity index (χ4n) is 1.24. The van der Waals surface area contributed by atoms with Gasteiger partial charge in [0.15, 0.2) is 0 Å². The second-order valence-electron chi connectivity index (χ2n) is 3.52. The van der Waals surface area contributed by atoms with Gasteiger partial charge in [-0.3, -0.25) is 0 Å². The molecule has 0 spiro atoms. The molecule has 1 rings (SSSR count). The number of rotatable bonds is 5. The van der Waals surface area contributed by atoms with Crippen molar-refractivity contribution < 1.29 is 14.3 Å². The normalized spacial score (nSPS) is 11.1. The number of esters is 1. The van der Waals surface area contributed by atoms with Crippen LogP contribution in [0.4, 0.5) is 0 Å². The van der Waals surface area contributed by atoms with Gasteiger partial charge in [0.2, 0.25) is 4.33 Å². The first kappa shape index (κ1) is 14.1. The van der Waals surface area contributed by atoms with Gasteiger partial charge in [-0.25, -0.2) is 4.79 Å². The highest BCUT2D eigenvalue weighted by Gasteiger charge is 2.34. The lowest BCUT2D eigenvalue weighted by atomic mass is 10.2. The third kappa shape index (κ3) is 4.10. The lowest BCUT2D eigenvalue weighted by molar-refractivity contribution is -0.135. The van der Waals surface area contributed by atoms with Gasteiger partial charge in [-0.05, 0) is 30.7 Å².